The fraction of sp³-hybridized carbons (Fsp3) is 0.300. The molecule has 0 aromatic heterocycles. The number of alkyl halides is 1. The van der Waals surface area contributed by atoms with E-state index in [1.165, 1.54) is 25.0 Å². The van der Waals surface area contributed by atoms with Gasteiger partial charge in [0.05, 0.1) is 19.8 Å². The molecule has 0 saturated carbocycles. The monoisotopic (exact) mass is 720 g/mol. The van der Waals surface area contributed by atoms with E-state index in [1.807, 2.05) is 52.0 Å². The quantitative estimate of drug-likeness (QED) is 0.0991. The van der Waals surface area contributed by atoms with Crippen LogP contribution in [0.5, 0.6) is 23.0 Å². The Morgan fingerprint density at radius 2 is 0.854 bits per heavy atom. The van der Waals surface area contributed by atoms with E-state index in [-0.39, 0.29) is 5.75 Å². The molecule has 1 heterocycles. The maximum Gasteiger partial charge on any atom is 0.150 e. The van der Waals surface area contributed by atoms with Crippen LogP contribution in [0.15, 0.2) is 97.1 Å². The average molecular weight is 722 g/mol. The fourth-order valence-corrected chi connectivity index (χ4v) is 3.75. The molecule has 4 aromatic rings. The van der Waals surface area contributed by atoms with Gasteiger partial charge < -0.3 is 24.1 Å². The highest BCUT2D eigenvalue weighted by Crippen LogP contribution is 2.17. The van der Waals surface area contributed by atoms with E-state index < -0.39 is 0 Å². The lowest BCUT2D eigenvalue weighted by Crippen LogP contribution is -1.90. The van der Waals surface area contributed by atoms with E-state index in [0.29, 0.717) is 30.9 Å². The summed E-state index contributed by atoms with van der Waals surface area (Å²) in [5, 5.41) is 9.80. The fourth-order valence-electron chi connectivity index (χ4n) is 3.75. The lowest BCUT2D eigenvalue weighted by atomic mass is 10.1. The van der Waals surface area contributed by atoms with Crippen LogP contribution in [0.2, 0.25) is 0 Å². The number of aldehydes is 2. The van der Waals surface area contributed by atoms with Crippen molar-refractivity contribution in [3.8, 4) is 23.0 Å². The molecule has 0 aliphatic carbocycles. The molecule has 0 radical (unpaired) electrons. The van der Waals surface area contributed by atoms with E-state index in [4.69, 9.17) is 24.1 Å². The number of aromatic hydroxyl groups is 1. The first kappa shape index (κ1) is 41.6. The molecule has 1 aliphatic heterocycles. The maximum absolute atomic E-state index is 10.2. The number of hydrogen-bond acceptors (Lipinski definition) is 7. The highest BCUT2D eigenvalue weighted by Gasteiger charge is 1.95. The molecule has 1 N–H and O–H groups in total. The summed E-state index contributed by atoms with van der Waals surface area (Å²) >= 11 is 3.15. The zero-order valence-electron chi connectivity index (χ0n) is 28.5. The summed E-state index contributed by atoms with van der Waals surface area (Å²) in [6.07, 6.45) is 8.28. The van der Waals surface area contributed by atoms with E-state index in [0.717, 1.165) is 59.5 Å². The van der Waals surface area contributed by atoms with Crippen LogP contribution in [0.25, 0.3) is 12.2 Å². The van der Waals surface area contributed by atoms with Crippen LogP contribution in [0.3, 0.4) is 0 Å². The molecule has 7 nitrogen and oxygen atoms in total. The molecule has 0 spiro atoms. The van der Waals surface area contributed by atoms with Crippen LogP contribution in [0.1, 0.15) is 72.4 Å². The molecule has 5 rings (SSSR count). The lowest BCUT2D eigenvalue weighted by molar-refractivity contribution is 0.111. The van der Waals surface area contributed by atoms with Crippen molar-refractivity contribution in [1.29, 1.82) is 0 Å². The third kappa shape index (κ3) is 20.0. The number of hydrogen-bond donors (Lipinski definition) is 1. The Kier molecular flexibility index (Phi) is 24.0. The normalized spacial score (nSPS) is 11.1. The van der Waals surface area contributed by atoms with Crippen LogP contribution in [0, 0.1) is 0 Å². The number of ether oxygens (including phenoxy) is 4. The SMILES string of the molecule is C1CCOC1.CCBr.CCOc1ccc(/C=C/c2ccc(OCC)cc2)cc1.CCOc1ccc(C=O)cc1.O=Cc1ccc(O)cc1. The Morgan fingerprint density at radius 3 is 1.10 bits per heavy atom. The zero-order chi connectivity index (χ0) is 35.2. The van der Waals surface area contributed by atoms with Gasteiger partial charge in [0, 0.05) is 29.7 Å². The van der Waals surface area contributed by atoms with Crippen molar-refractivity contribution in [3.63, 3.8) is 0 Å². The number of halogens is 1. The third-order valence-electron chi connectivity index (χ3n) is 6.03. The second kappa shape index (κ2) is 27.7. The van der Waals surface area contributed by atoms with Gasteiger partial charge in [-0.15, -0.1) is 0 Å². The predicted molar refractivity (Wildman–Crippen MR) is 200 cm³/mol. The Balaban J connectivity index is 0.000000345. The number of phenols is 1. The van der Waals surface area contributed by atoms with Gasteiger partial charge in [-0.25, -0.2) is 0 Å². The summed E-state index contributed by atoms with van der Waals surface area (Å²) in [4.78, 5) is 20.3. The number of benzene rings is 4. The number of carbonyl (C=O) groups is 2. The summed E-state index contributed by atoms with van der Waals surface area (Å²) in [7, 11) is 0. The molecule has 1 saturated heterocycles. The molecule has 1 aliphatic rings. The minimum absolute atomic E-state index is 0.181. The second-order valence-corrected chi connectivity index (χ2v) is 10.9. The van der Waals surface area contributed by atoms with E-state index in [1.54, 1.807) is 36.4 Å². The third-order valence-corrected chi connectivity index (χ3v) is 6.03. The summed E-state index contributed by atoms with van der Waals surface area (Å²) < 4.78 is 21.0. The van der Waals surface area contributed by atoms with Gasteiger partial charge in [0.25, 0.3) is 0 Å². The smallest absolute Gasteiger partial charge is 0.150 e. The molecule has 0 unspecified atom stereocenters. The van der Waals surface area contributed by atoms with Crippen LogP contribution in [0.4, 0.5) is 0 Å². The van der Waals surface area contributed by atoms with Gasteiger partial charge in [0.2, 0.25) is 0 Å². The van der Waals surface area contributed by atoms with Gasteiger partial charge in [-0.3, -0.25) is 9.59 Å². The van der Waals surface area contributed by atoms with Crippen molar-refractivity contribution < 1.29 is 33.6 Å². The minimum Gasteiger partial charge on any atom is -0.508 e. The molecule has 4 aromatic carbocycles. The van der Waals surface area contributed by atoms with Crippen molar-refractivity contribution in [3.05, 3.63) is 119 Å². The molecule has 1 fully saturated rings. The van der Waals surface area contributed by atoms with Crippen molar-refractivity contribution in [1.82, 2.24) is 0 Å². The number of carbonyl (C=O) groups excluding carboxylic acids is 2. The van der Waals surface area contributed by atoms with Gasteiger partial charge in [-0.1, -0.05) is 59.3 Å². The zero-order valence-corrected chi connectivity index (χ0v) is 30.1. The van der Waals surface area contributed by atoms with Crippen molar-refractivity contribution in [2.75, 3.05) is 38.4 Å². The van der Waals surface area contributed by atoms with E-state index >= 15 is 0 Å². The minimum atomic E-state index is 0.181. The van der Waals surface area contributed by atoms with Crippen LogP contribution < -0.4 is 14.2 Å². The summed E-state index contributed by atoms with van der Waals surface area (Å²) in [5.74, 6) is 2.80. The van der Waals surface area contributed by atoms with Crippen molar-refractivity contribution >= 4 is 40.7 Å². The maximum atomic E-state index is 10.2. The van der Waals surface area contributed by atoms with E-state index in [9.17, 15) is 9.59 Å². The summed E-state index contributed by atoms with van der Waals surface area (Å²) in [6, 6.07) is 29.3. The molecule has 0 atom stereocenters. The van der Waals surface area contributed by atoms with Gasteiger partial charge in [-0.05, 0) is 118 Å². The van der Waals surface area contributed by atoms with Crippen LogP contribution in [-0.4, -0.2) is 56.0 Å². The van der Waals surface area contributed by atoms with Gasteiger partial charge in [0.1, 0.15) is 35.6 Å². The number of phenolic OH excluding ortho intramolecular Hbond substituents is 1. The average Bonchev–Trinajstić information content (AvgIpc) is 3.72. The Bertz CT molecular complexity index is 1320. The highest BCUT2D eigenvalue weighted by molar-refractivity contribution is 9.09. The topological polar surface area (TPSA) is 91.3 Å². The molecule has 48 heavy (non-hydrogen) atoms. The molecule has 0 bridgehead atoms. The first-order valence-electron chi connectivity index (χ1n) is 16.1. The summed E-state index contributed by atoms with van der Waals surface area (Å²) in [5.41, 5.74) is 3.56. The summed E-state index contributed by atoms with van der Waals surface area (Å²) in [6.45, 7) is 12.0. The molecule has 258 valence electrons. The molecule has 8 heteroatoms. The van der Waals surface area contributed by atoms with Crippen LogP contribution >= 0.6 is 15.9 Å². The first-order valence-corrected chi connectivity index (χ1v) is 17.2. The van der Waals surface area contributed by atoms with Gasteiger partial charge in [0.15, 0.2) is 0 Å². The lowest BCUT2D eigenvalue weighted by Gasteiger charge is -2.03. The van der Waals surface area contributed by atoms with Gasteiger partial charge in [-0.2, -0.15) is 0 Å². The first-order chi connectivity index (χ1) is 23.4. The molecule has 0 amide bonds. The largest absolute Gasteiger partial charge is 0.508 e. The predicted octanol–water partition coefficient (Wildman–Crippen LogP) is 9.95. The van der Waals surface area contributed by atoms with Gasteiger partial charge >= 0.3 is 0 Å². The molecular formula is C40H49BrO7. The van der Waals surface area contributed by atoms with E-state index in [2.05, 4.69) is 52.3 Å². The second-order valence-electron chi connectivity index (χ2n) is 9.75. The van der Waals surface area contributed by atoms with Crippen LogP contribution in [-0.2, 0) is 4.74 Å². The number of rotatable bonds is 10. The Hall–Kier alpha value is -4.40. The Morgan fingerprint density at radius 1 is 0.562 bits per heavy atom. The van der Waals surface area contributed by atoms with Crippen molar-refractivity contribution in [2.24, 2.45) is 0 Å². The Labute approximate surface area is 294 Å². The standard InChI is InChI=1S/C18H20O2.C9H10O2.C7H6O2.C4H8O.C2H5Br/c1-3-19-17-11-7-15(8-12-17)5-6-16-9-13-18(14-10-16)20-4-2;1-2-11-9-5-3-8(7-10)4-6-9;8-5-6-1-3-7(9)4-2-6;1-2-4-5-3-1;1-2-3/h5-14H,3-4H2,1-2H3;3-7H,2H2,1H3;1-5,9H;1-4H2;2H2,1H3/b6-5+;;;;. The molecular weight excluding hydrogens is 672 g/mol. The highest BCUT2D eigenvalue weighted by atomic mass is 79.9. The van der Waals surface area contributed by atoms with Crippen molar-refractivity contribution in [2.45, 2.75) is 40.5 Å².